The predicted octanol–water partition coefficient (Wildman–Crippen LogP) is 1.77. The van der Waals surface area contributed by atoms with Crippen LogP contribution in [0.2, 0.25) is 0 Å². The van der Waals surface area contributed by atoms with Crippen molar-refractivity contribution in [3.63, 3.8) is 0 Å². The average molecular weight is 264 g/mol. The zero-order chi connectivity index (χ0) is 13.0. The maximum Gasteiger partial charge on any atom is 0.260 e. The van der Waals surface area contributed by atoms with Gasteiger partial charge >= 0.3 is 0 Å². The fourth-order valence-electron chi connectivity index (χ4n) is 1.44. The number of carbonyl (C=O) groups excluding carboxylic acids is 1. The largest absolute Gasteiger partial charge is 0.491 e. The molecule has 1 aromatic carbocycles. The number of carbonyl (C=O) groups is 1. The molecule has 1 heterocycles. The second-order valence-corrected chi connectivity index (χ2v) is 4.18. The van der Waals surface area contributed by atoms with Crippen LogP contribution in [0, 0.1) is 0 Å². The smallest absolute Gasteiger partial charge is 0.260 e. The summed E-state index contributed by atoms with van der Waals surface area (Å²) in [6, 6.07) is 5.05. The van der Waals surface area contributed by atoms with E-state index in [1.165, 1.54) is 6.20 Å². The number of amides is 1. The lowest BCUT2D eigenvalue weighted by molar-refractivity contribution is 0.102. The third-order valence-corrected chi connectivity index (χ3v) is 2.76. The van der Waals surface area contributed by atoms with Crippen LogP contribution in [0.3, 0.4) is 0 Å². The predicted molar refractivity (Wildman–Crippen MR) is 69.9 cm³/mol. The molecule has 6 nitrogen and oxygen atoms in total. The molecule has 0 radical (unpaired) electrons. The maximum atomic E-state index is 12.1. The number of anilines is 2. The second kappa shape index (κ2) is 5.46. The van der Waals surface area contributed by atoms with Crippen molar-refractivity contribution in [3.05, 3.63) is 30.0 Å². The molecule has 2 aromatic rings. The van der Waals surface area contributed by atoms with Crippen molar-refractivity contribution < 1.29 is 9.53 Å². The summed E-state index contributed by atoms with van der Waals surface area (Å²) in [4.78, 5) is 12.1. The molecule has 0 spiro atoms. The molecule has 18 heavy (non-hydrogen) atoms. The molecule has 94 valence electrons. The molecule has 2 rings (SSSR count). The van der Waals surface area contributed by atoms with Crippen LogP contribution in [0.5, 0.6) is 5.75 Å². The van der Waals surface area contributed by atoms with E-state index in [9.17, 15) is 4.79 Å². The minimum absolute atomic E-state index is 0.295. The molecule has 0 fully saturated rings. The van der Waals surface area contributed by atoms with Gasteiger partial charge in [-0.2, -0.15) is 0 Å². The molecular formula is C11H12N4O2S. The summed E-state index contributed by atoms with van der Waals surface area (Å²) >= 11 is 1.10. The summed E-state index contributed by atoms with van der Waals surface area (Å²) in [5.74, 6) is 0.103. The highest BCUT2D eigenvalue weighted by Gasteiger charge is 2.15. The van der Waals surface area contributed by atoms with E-state index in [4.69, 9.17) is 10.5 Å². The monoisotopic (exact) mass is 264 g/mol. The van der Waals surface area contributed by atoms with Crippen LogP contribution in [0.25, 0.3) is 0 Å². The van der Waals surface area contributed by atoms with Gasteiger partial charge in [-0.1, -0.05) is 10.6 Å². The van der Waals surface area contributed by atoms with E-state index in [0.717, 1.165) is 11.5 Å². The number of nitrogen functional groups attached to an aromatic ring is 1. The molecular weight excluding hydrogens is 252 g/mol. The summed E-state index contributed by atoms with van der Waals surface area (Å²) in [6.45, 7) is 2.28. The highest BCUT2D eigenvalue weighted by Crippen LogP contribution is 2.27. The first-order chi connectivity index (χ1) is 8.72. The SMILES string of the molecule is CCOc1c(N)cccc1C(=O)Nc1cnns1. The Balaban J connectivity index is 2.26. The molecule has 0 atom stereocenters. The van der Waals surface area contributed by atoms with E-state index in [1.54, 1.807) is 18.2 Å². The number of hydrogen-bond donors (Lipinski definition) is 2. The molecule has 0 saturated heterocycles. The molecule has 0 saturated carbocycles. The van der Waals surface area contributed by atoms with Gasteiger partial charge in [0, 0.05) is 11.5 Å². The number of nitrogens with one attached hydrogen (secondary N) is 1. The molecule has 7 heteroatoms. The molecule has 3 N–H and O–H groups in total. The average Bonchev–Trinajstić information content (AvgIpc) is 2.84. The minimum atomic E-state index is -0.295. The lowest BCUT2D eigenvalue weighted by Crippen LogP contribution is -2.13. The number of nitrogens with two attached hydrogens (primary N) is 1. The van der Waals surface area contributed by atoms with E-state index in [-0.39, 0.29) is 5.91 Å². The standard InChI is InChI=1S/C11H12N4O2S/c1-2-17-10-7(4-3-5-8(10)12)11(16)14-9-6-13-15-18-9/h3-6H,2,12H2,1H3,(H,14,16). The Bertz CT molecular complexity index is 542. The van der Waals surface area contributed by atoms with E-state index >= 15 is 0 Å². The van der Waals surface area contributed by atoms with Gasteiger partial charge in [-0.15, -0.1) is 5.10 Å². The first-order valence-corrected chi connectivity index (χ1v) is 6.09. The molecule has 1 amide bonds. The van der Waals surface area contributed by atoms with Crippen molar-refractivity contribution in [2.24, 2.45) is 0 Å². The van der Waals surface area contributed by atoms with E-state index in [2.05, 4.69) is 14.9 Å². The van der Waals surface area contributed by atoms with E-state index in [0.29, 0.717) is 28.6 Å². The summed E-state index contributed by atoms with van der Waals surface area (Å²) in [5.41, 5.74) is 6.62. The number of aromatic nitrogens is 2. The van der Waals surface area contributed by atoms with Gasteiger partial charge in [0.05, 0.1) is 24.1 Å². The first-order valence-electron chi connectivity index (χ1n) is 5.32. The number of nitrogens with zero attached hydrogens (tertiary/aromatic N) is 2. The van der Waals surface area contributed by atoms with Crippen LogP contribution in [-0.4, -0.2) is 22.1 Å². The van der Waals surface area contributed by atoms with Gasteiger partial charge in [-0.25, -0.2) is 0 Å². The Kier molecular flexibility index (Phi) is 3.73. The zero-order valence-corrected chi connectivity index (χ0v) is 10.5. The molecule has 0 aliphatic carbocycles. The number of hydrogen-bond acceptors (Lipinski definition) is 6. The van der Waals surface area contributed by atoms with Crippen LogP contribution in [0.4, 0.5) is 10.7 Å². The van der Waals surface area contributed by atoms with Crippen molar-refractivity contribution >= 4 is 28.1 Å². The lowest BCUT2D eigenvalue weighted by Gasteiger charge is -2.11. The Hall–Kier alpha value is -2.15. The Morgan fingerprint density at radius 3 is 3.06 bits per heavy atom. The van der Waals surface area contributed by atoms with Crippen LogP contribution in [0.15, 0.2) is 24.4 Å². The number of rotatable bonds is 4. The zero-order valence-electron chi connectivity index (χ0n) is 9.71. The Morgan fingerprint density at radius 2 is 2.39 bits per heavy atom. The first kappa shape index (κ1) is 12.3. The van der Waals surface area contributed by atoms with E-state index < -0.39 is 0 Å². The number of benzene rings is 1. The fourth-order valence-corrected chi connectivity index (χ4v) is 1.86. The Labute approximate surface area is 108 Å². The Morgan fingerprint density at radius 1 is 1.56 bits per heavy atom. The highest BCUT2D eigenvalue weighted by molar-refractivity contribution is 7.10. The minimum Gasteiger partial charge on any atom is -0.491 e. The molecule has 0 bridgehead atoms. The van der Waals surface area contributed by atoms with Crippen LogP contribution < -0.4 is 15.8 Å². The highest BCUT2D eigenvalue weighted by atomic mass is 32.1. The van der Waals surface area contributed by atoms with Crippen LogP contribution >= 0.6 is 11.5 Å². The summed E-state index contributed by atoms with van der Waals surface area (Å²) in [6.07, 6.45) is 1.48. The fraction of sp³-hybridized carbons (Fsp3) is 0.182. The van der Waals surface area contributed by atoms with Crippen molar-refractivity contribution in [1.82, 2.24) is 9.59 Å². The topological polar surface area (TPSA) is 90.1 Å². The van der Waals surface area contributed by atoms with Crippen molar-refractivity contribution in [1.29, 1.82) is 0 Å². The number of ether oxygens (including phenoxy) is 1. The molecule has 0 aliphatic heterocycles. The number of para-hydroxylation sites is 1. The quantitative estimate of drug-likeness (QED) is 0.821. The third-order valence-electron chi connectivity index (χ3n) is 2.18. The lowest BCUT2D eigenvalue weighted by atomic mass is 10.1. The van der Waals surface area contributed by atoms with Gasteiger partial charge in [0.1, 0.15) is 5.00 Å². The molecule has 1 aromatic heterocycles. The summed E-state index contributed by atoms with van der Waals surface area (Å²) < 4.78 is 9.06. The maximum absolute atomic E-state index is 12.1. The van der Waals surface area contributed by atoms with Gasteiger partial charge in [0.15, 0.2) is 5.75 Å². The van der Waals surface area contributed by atoms with Gasteiger partial charge in [-0.05, 0) is 19.1 Å². The summed E-state index contributed by atoms with van der Waals surface area (Å²) in [7, 11) is 0. The molecule has 0 aliphatic rings. The van der Waals surface area contributed by atoms with Crippen LogP contribution in [0.1, 0.15) is 17.3 Å². The van der Waals surface area contributed by atoms with Gasteiger partial charge in [0.25, 0.3) is 5.91 Å². The van der Waals surface area contributed by atoms with E-state index in [1.807, 2.05) is 6.92 Å². The van der Waals surface area contributed by atoms with Crippen LogP contribution in [-0.2, 0) is 0 Å². The summed E-state index contributed by atoms with van der Waals surface area (Å²) in [5, 5.41) is 6.90. The van der Waals surface area contributed by atoms with Gasteiger partial charge in [0.2, 0.25) is 0 Å². The van der Waals surface area contributed by atoms with Crippen molar-refractivity contribution in [2.45, 2.75) is 6.92 Å². The van der Waals surface area contributed by atoms with Gasteiger partial charge in [-0.3, -0.25) is 4.79 Å². The van der Waals surface area contributed by atoms with Crippen molar-refractivity contribution in [2.75, 3.05) is 17.7 Å². The van der Waals surface area contributed by atoms with Gasteiger partial charge < -0.3 is 15.8 Å². The second-order valence-electron chi connectivity index (χ2n) is 3.39. The molecule has 0 unspecified atom stereocenters. The third kappa shape index (κ3) is 2.57. The normalized spacial score (nSPS) is 10.1. The van der Waals surface area contributed by atoms with Crippen molar-refractivity contribution in [3.8, 4) is 5.75 Å².